The van der Waals surface area contributed by atoms with E-state index in [4.69, 9.17) is 14.7 Å². The second-order valence-electron chi connectivity index (χ2n) is 8.14. The number of nitrogens with zero attached hydrogens (tertiary/aromatic N) is 4. The molecule has 6 nitrogen and oxygen atoms in total. The fourth-order valence-corrected chi connectivity index (χ4v) is 4.58. The Morgan fingerprint density at radius 3 is 2.93 bits per heavy atom. The van der Waals surface area contributed by atoms with Gasteiger partial charge in [0.2, 0.25) is 5.91 Å². The molecule has 6 heteroatoms. The van der Waals surface area contributed by atoms with Crippen LogP contribution in [0.5, 0.6) is 5.75 Å². The van der Waals surface area contributed by atoms with Crippen LogP contribution >= 0.6 is 0 Å². The minimum atomic E-state index is 0.116. The average molecular weight is 395 g/mol. The molecule has 4 rings (SSSR count). The summed E-state index contributed by atoms with van der Waals surface area (Å²) in [6, 6.07) is 6.57. The van der Waals surface area contributed by atoms with Gasteiger partial charge in [-0.2, -0.15) is 0 Å². The maximum Gasteiger partial charge on any atom is 0.219 e. The Labute approximate surface area is 172 Å². The molecule has 0 radical (unpaired) electrons. The molecule has 2 aliphatic rings. The number of carbonyl (C=O) groups is 1. The first-order valence-electron chi connectivity index (χ1n) is 10.5. The van der Waals surface area contributed by atoms with Crippen molar-refractivity contribution in [2.24, 2.45) is 0 Å². The topological polar surface area (TPSA) is 58.6 Å². The summed E-state index contributed by atoms with van der Waals surface area (Å²) in [5.41, 5.74) is 4.57. The average Bonchev–Trinajstić information content (AvgIpc) is 2.73. The lowest BCUT2D eigenvalue weighted by atomic mass is 9.99. The lowest BCUT2D eigenvalue weighted by molar-refractivity contribution is -0.129. The number of ether oxygens (including phenoxy) is 1. The van der Waals surface area contributed by atoms with E-state index >= 15 is 0 Å². The first kappa shape index (κ1) is 19.8. The Hall–Kier alpha value is -2.47. The van der Waals surface area contributed by atoms with Gasteiger partial charge in [0.15, 0.2) is 0 Å². The summed E-state index contributed by atoms with van der Waals surface area (Å²) in [5, 5.41) is 0. The highest BCUT2D eigenvalue weighted by molar-refractivity contribution is 5.73. The van der Waals surface area contributed by atoms with E-state index in [2.05, 4.69) is 30.0 Å². The molecular weight excluding hydrogens is 364 g/mol. The molecule has 29 heavy (non-hydrogen) atoms. The number of hydrogen-bond acceptors (Lipinski definition) is 5. The second kappa shape index (κ2) is 8.49. The number of aromatic nitrogens is 2. The fraction of sp³-hybridized carbons (Fsp3) is 0.522. The smallest absolute Gasteiger partial charge is 0.219 e. The highest BCUT2D eigenvalue weighted by Gasteiger charge is 2.29. The van der Waals surface area contributed by atoms with Crippen molar-refractivity contribution in [1.82, 2.24) is 19.8 Å². The van der Waals surface area contributed by atoms with Gasteiger partial charge in [0, 0.05) is 50.3 Å². The van der Waals surface area contributed by atoms with Crippen molar-refractivity contribution < 1.29 is 9.53 Å². The maximum atomic E-state index is 11.7. The lowest BCUT2D eigenvalue weighted by Gasteiger charge is -2.36. The van der Waals surface area contributed by atoms with E-state index in [1.165, 1.54) is 24.0 Å². The van der Waals surface area contributed by atoms with Crippen LogP contribution in [0.2, 0.25) is 0 Å². The minimum Gasteiger partial charge on any atom is -0.496 e. The molecule has 1 fully saturated rings. The number of rotatable bonds is 4. The molecule has 1 aromatic heterocycles. The van der Waals surface area contributed by atoms with Crippen molar-refractivity contribution in [2.45, 2.75) is 58.7 Å². The molecule has 2 aliphatic heterocycles. The first-order valence-corrected chi connectivity index (χ1v) is 10.5. The summed E-state index contributed by atoms with van der Waals surface area (Å²) in [5.74, 6) is 2.02. The number of fused-ring (bicyclic) bond motifs is 1. The Bertz CT molecular complexity index is 898. The number of amides is 1. The molecule has 0 N–H and O–H groups in total. The van der Waals surface area contributed by atoms with Gasteiger partial charge >= 0.3 is 0 Å². The van der Waals surface area contributed by atoms with Crippen molar-refractivity contribution in [3.63, 3.8) is 0 Å². The van der Waals surface area contributed by atoms with Crippen LogP contribution < -0.4 is 4.74 Å². The number of methoxy groups -OCH3 is 1. The van der Waals surface area contributed by atoms with Crippen molar-refractivity contribution in [1.29, 1.82) is 0 Å². The predicted molar refractivity (Wildman–Crippen MR) is 112 cm³/mol. The largest absolute Gasteiger partial charge is 0.496 e. The number of likely N-dealkylation sites (tertiary alicyclic amines) is 1. The van der Waals surface area contributed by atoms with Gasteiger partial charge in [-0.3, -0.25) is 9.69 Å². The summed E-state index contributed by atoms with van der Waals surface area (Å²) in [7, 11) is 1.75. The van der Waals surface area contributed by atoms with E-state index in [0.717, 1.165) is 55.3 Å². The normalized spacial score (nSPS) is 19.7. The minimum absolute atomic E-state index is 0.116. The van der Waals surface area contributed by atoms with Crippen LogP contribution in [0.1, 0.15) is 60.4 Å². The Morgan fingerprint density at radius 1 is 1.28 bits per heavy atom. The standard InChI is InChI=1S/C23H30N4O2/c1-16-7-6-8-18(22(16)29-3)14-27-11-5-4-9-21(27)23-24-13-19-15-26(17(2)28)12-10-20(19)25-23/h6-8,13,21H,4-5,9-12,14-15H2,1-3H3. The van der Waals surface area contributed by atoms with Gasteiger partial charge in [-0.1, -0.05) is 24.6 Å². The van der Waals surface area contributed by atoms with E-state index in [9.17, 15) is 4.79 Å². The van der Waals surface area contributed by atoms with Crippen molar-refractivity contribution in [2.75, 3.05) is 20.2 Å². The zero-order chi connectivity index (χ0) is 20.4. The Morgan fingerprint density at radius 2 is 2.14 bits per heavy atom. The van der Waals surface area contributed by atoms with E-state index in [1.54, 1.807) is 14.0 Å². The summed E-state index contributed by atoms with van der Waals surface area (Å²) in [4.78, 5) is 25.7. The van der Waals surface area contributed by atoms with Crippen LogP contribution in [0.4, 0.5) is 0 Å². The Balaban J connectivity index is 1.57. The molecule has 154 valence electrons. The van der Waals surface area contributed by atoms with Crippen molar-refractivity contribution in [3.8, 4) is 5.75 Å². The van der Waals surface area contributed by atoms with Crippen LogP contribution in [0.25, 0.3) is 0 Å². The van der Waals surface area contributed by atoms with Gasteiger partial charge in [0.1, 0.15) is 11.6 Å². The van der Waals surface area contributed by atoms with Crippen molar-refractivity contribution in [3.05, 3.63) is 52.6 Å². The number of piperidine rings is 1. The third-order valence-electron chi connectivity index (χ3n) is 6.18. The summed E-state index contributed by atoms with van der Waals surface area (Å²) in [6.45, 7) is 6.97. The summed E-state index contributed by atoms with van der Waals surface area (Å²) in [6.07, 6.45) is 6.22. The number of carbonyl (C=O) groups excluding carboxylic acids is 1. The van der Waals surface area contributed by atoms with Gasteiger partial charge in [0.25, 0.3) is 0 Å². The van der Waals surface area contributed by atoms with E-state index in [1.807, 2.05) is 11.1 Å². The molecule has 0 aliphatic carbocycles. The summed E-state index contributed by atoms with van der Waals surface area (Å²) < 4.78 is 5.67. The van der Waals surface area contributed by atoms with E-state index in [0.29, 0.717) is 6.54 Å². The van der Waals surface area contributed by atoms with Crippen LogP contribution in [0.3, 0.4) is 0 Å². The Kier molecular flexibility index (Phi) is 5.81. The van der Waals surface area contributed by atoms with Gasteiger partial charge < -0.3 is 9.64 Å². The molecule has 1 unspecified atom stereocenters. The number of hydrogen-bond donors (Lipinski definition) is 0. The monoisotopic (exact) mass is 394 g/mol. The molecule has 1 saturated heterocycles. The van der Waals surface area contributed by atoms with Gasteiger partial charge in [-0.15, -0.1) is 0 Å². The highest BCUT2D eigenvalue weighted by atomic mass is 16.5. The molecular formula is C23H30N4O2. The molecule has 0 bridgehead atoms. The second-order valence-corrected chi connectivity index (χ2v) is 8.14. The number of aryl methyl sites for hydroxylation is 1. The third-order valence-corrected chi connectivity index (χ3v) is 6.18. The van der Waals surface area contributed by atoms with Crippen molar-refractivity contribution >= 4 is 5.91 Å². The lowest BCUT2D eigenvalue weighted by Crippen LogP contribution is -2.37. The van der Waals surface area contributed by atoms with Crippen LogP contribution in [-0.4, -0.2) is 45.9 Å². The first-order chi connectivity index (χ1) is 14.1. The molecule has 1 amide bonds. The summed E-state index contributed by atoms with van der Waals surface area (Å²) >= 11 is 0. The quantitative estimate of drug-likeness (QED) is 0.795. The third kappa shape index (κ3) is 4.13. The highest BCUT2D eigenvalue weighted by Crippen LogP contribution is 2.33. The number of para-hydroxylation sites is 1. The molecule has 0 saturated carbocycles. The van der Waals surface area contributed by atoms with E-state index < -0.39 is 0 Å². The fourth-order valence-electron chi connectivity index (χ4n) is 4.58. The van der Waals surface area contributed by atoms with Gasteiger partial charge in [-0.25, -0.2) is 9.97 Å². The number of benzene rings is 1. The SMILES string of the molecule is COc1c(C)cccc1CN1CCCCC1c1ncc2c(n1)CCN(C(C)=O)C2. The van der Waals surface area contributed by atoms with Gasteiger partial charge in [0.05, 0.1) is 18.8 Å². The molecule has 3 heterocycles. The molecule has 1 atom stereocenters. The van der Waals surface area contributed by atoms with Crippen LogP contribution in [0.15, 0.2) is 24.4 Å². The van der Waals surface area contributed by atoms with Crippen LogP contribution in [-0.2, 0) is 24.3 Å². The predicted octanol–water partition coefficient (Wildman–Crippen LogP) is 3.43. The maximum absolute atomic E-state index is 11.7. The molecule has 1 aromatic carbocycles. The van der Waals surface area contributed by atoms with E-state index in [-0.39, 0.29) is 11.9 Å². The zero-order valence-electron chi connectivity index (χ0n) is 17.6. The van der Waals surface area contributed by atoms with Gasteiger partial charge in [-0.05, 0) is 31.9 Å². The molecule has 0 spiro atoms. The zero-order valence-corrected chi connectivity index (χ0v) is 17.6. The molecule has 2 aromatic rings. The van der Waals surface area contributed by atoms with Crippen LogP contribution in [0, 0.1) is 6.92 Å².